The molecule has 0 aromatic carbocycles. The van der Waals surface area contributed by atoms with Gasteiger partial charge in [-0.3, -0.25) is 0 Å². The van der Waals surface area contributed by atoms with Crippen LogP contribution in [0.25, 0.3) is 0 Å². The fourth-order valence-electron chi connectivity index (χ4n) is 11.8. The molecule has 10 rings (SSSR count). The fraction of sp³-hybridized carbons (Fsp3) is 1.00. The second kappa shape index (κ2) is 9.36. The molecular formula is C33H52O7. The highest BCUT2D eigenvalue weighted by Gasteiger charge is 2.66. The molecule has 10 fully saturated rings. The quantitative estimate of drug-likeness (QED) is 0.301. The van der Waals surface area contributed by atoms with E-state index in [-0.39, 0.29) is 22.4 Å². The first-order chi connectivity index (χ1) is 19.2. The molecule has 2 saturated heterocycles. The van der Waals surface area contributed by atoms with Gasteiger partial charge < -0.3 is 33.5 Å². The Balaban J connectivity index is 0.918. The van der Waals surface area contributed by atoms with Crippen molar-refractivity contribution in [1.82, 2.24) is 0 Å². The van der Waals surface area contributed by atoms with Gasteiger partial charge in [0.2, 0.25) is 0 Å². The Hall–Kier alpha value is -0.280. The van der Waals surface area contributed by atoms with Crippen molar-refractivity contribution in [3.05, 3.63) is 0 Å². The van der Waals surface area contributed by atoms with Crippen LogP contribution in [-0.4, -0.2) is 85.5 Å². The zero-order chi connectivity index (χ0) is 27.3. The maximum atomic E-state index is 11.2. The van der Waals surface area contributed by atoms with Crippen LogP contribution in [0, 0.1) is 22.7 Å². The first-order valence-electron chi connectivity index (χ1n) is 16.7. The van der Waals surface area contributed by atoms with Crippen LogP contribution in [0.1, 0.15) is 104 Å². The van der Waals surface area contributed by atoms with Crippen molar-refractivity contribution >= 4 is 0 Å². The number of hydrogen-bond donors (Lipinski definition) is 1. The molecule has 226 valence electrons. The Bertz CT molecular complexity index is 908. The third-order valence-electron chi connectivity index (χ3n) is 12.8. The predicted molar refractivity (Wildman–Crippen MR) is 148 cm³/mol. The summed E-state index contributed by atoms with van der Waals surface area (Å²) < 4.78 is 37.9. The van der Waals surface area contributed by atoms with Crippen LogP contribution in [-0.2, 0) is 28.4 Å². The molecule has 10 atom stereocenters. The minimum absolute atomic E-state index is 0.0731. The van der Waals surface area contributed by atoms with Gasteiger partial charge >= 0.3 is 0 Å². The molecule has 8 bridgehead atoms. The van der Waals surface area contributed by atoms with E-state index in [1.54, 1.807) is 0 Å². The van der Waals surface area contributed by atoms with E-state index in [0.717, 1.165) is 90.6 Å². The second-order valence-electron chi connectivity index (χ2n) is 16.3. The molecule has 10 aliphatic rings. The van der Waals surface area contributed by atoms with Crippen molar-refractivity contribution in [2.45, 2.75) is 144 Å². The van der Waals surface area contributed by atoms with Crippen molar-refractivity contribution in [2.75, 3.05) is 39.6 Å². The van der Waals surface area contributed by atoms with E-state index < -0.39 is 6.10 Å². The normalized spacial score (nSPS) is 53.8. The number of epoxide rings is 2. The lowest BCUT2D eigenvalue weighted by atomic mass is 9.45. The molecule has 10 unspecified atom stereocenters. The third-order valence-corrected chi connectivity index (χ3v) is 12.8. The first kappa shape index (κ1) is 27.3. The first-order valence-corrected chi connectivity index (χ1v) is 16.7. The van der Waals surface area contributed by atoms with Gasteiger partial charge in [0.05, 0.1) is 62.0 Å². The Morgan fingerprint density at radius 1 is 0.600 bits per heavy atom. The van der Waals surface area contributed by atoms with E-state index in [1.165, 1.54) is 25.7 Å². The Morgan fingerprint density at radius 3 is 1.32 bits per heavy atom. The van der Waals surface area contributed by atoms with Crippen LogP contribution in [0.2, 0.25) is 0 Å². The van der Waals surface area contributed by atoms with E-state index in [1.807, 2.05) is 0 Å². The maximum absolute atomic E-state index is 11.2. The topological polar surface area (TPSA) is 82.2 Å². The maximum Gasteiger partial charge on any atom is 0.104 e. The number of rotatable bonds is 14. The number of hydrogen-bond acceptors (Lipinski definition) is 7. The lowest BCUT2D eigenvalue weighted by molar-refractivity contribution is -0.278. The van der Waals surface area contributed by atoms with Crippen LogP contribution in [0.3, 0.4) is 0 Å². The highest BCUT2D eigenvalue weighted by Crippen LogP contribution is 2.68. The van der Waals surface area contributed by atoms with E-state index in [2.05, 4.69) is 13.8 Å². The third kappa shape index (κ3) is 4.92. The lowest BCUT2D eigenvalue weighted by Gasteiger charge is -2.66. The molecule has 8 aliphatic carbocycles. The zero-order valence-electron chi connectivity index (χ0n) is 24.9. The van der Waals surface area contributed by atoms with Crippen LogP contribution in [0.15, 0.2) is 0 Å². The molecule has 0 radical (unpaired) electrons. The van der Waals surface area contributed by atoms with Crippen LogP contribution in [0.4, 0.5) is 0 Å². The largest absolute Gasteiger partial charge is 0.388 e. The van der Waals surface area contributed by atoms with Crippen molar-refractivity contribution in [2.24, 2.45) is 22.7 Å². The van der Waals surface area contributed by atoms with Crippen LogP contribution < -0.4 is 0 Å². The van der Waals surface area contributed by atoms with Gasteiger partial charge in [0.1, 0.15) is 18.3 Å². The van der Waals surface area contributed by atoms with Crippen LogP contribution >= 0.6 is 0 Å². The number of ether oxygens (including phenoxy) is 6. The standard InChI is InChI=1S/C33H52O7/c1-3-28-5-23-7-30(17-28,21-32(9-23,19-28)39-15-26-13-35-26)37-11-25(34)12-38-31-8-24-6-29(4-2,18-31)20-33(10-24,22-31)40-16-27-14-36-27/h23-27,34H,3-22H2,1-2H3. The Morgan fingerprint density at radius 2 is 0.975 bits per heavy atom. The molecule has 2 heterocycles. The summed E-state index contributed by atoms with van der Waals surface area (Å²) in [5.74, 6) is 1.33. The van der Waals surface area contributed by atoms with Gasteiger partial charge in [0.25, 0.3) is 0 Å². The van der Waals surface area contributed by atoms with Crippen molar-refractivity contribution in [1.29, 1.82) is 0 Å². The molecule has 7 nitrogen and oxygen atoms in total. The van der Waals surface area contributed by atoms with Gasteiger partial charge in [-0.15, -0.1) is 0 Å². The molecule has 0 spiro atoms. The summed E-state index contributed by atoms with van der Waals surface area (Å²) >= 11 is 0. The molecular weight excluding hydrogens is 508 g/mol. The monoisotopic (exact) mass is 560 g/mol. The van der Waals surface area contributed by atoms with E-state index in [4.69, 9.17) is 28.4 Å². The lowest BCUT2D eigenvalue weighted by Crippen LogP contribution is -2.65. The van der Waals surface area contributed by atoms with Gasteiger partial charge in [-0.2, -0.15) is 0 Å². The summed E-state index contributed by atoms with van der Waals surface area (Å²) in [4.78, 5) is 0. The summed E-state index contributed by atoms with van der Waals surface area (Å²) in [5, 5.41) is 11.2. The van der Waals surface area contributed by atoms with Crippen molar-refractivity contribution in [3.63, 3.8) is 0 Å². The summed E-state index contributed by atoms with van der Waals surface area (Å²) in [5.41, 5.74) is 0.150. The molecule has 2 aliphatic heterocycles. The minimum atomic E-state index is -0.607. The molecule has 7 heteroatoms. The zero-order valence-corrected chi connectivity index (χ0v) is 24.9. The van der Waals surface area contributed by atoms with Crippen LogP contribution in [0.5, 0.6) is 0 Å². The smallest absolute Gasteiger partial charge is 0.104 e. The summed E-state index contributed by atoms with van der Waals surface area (Å²) in [6.07, 6.45) is 16.0. The van der Waals surface area contributed by atoms with E-state index >= 15 is 0 Å². The van der Waals surface area contributed by atoms with Crippen molar-refractivity contribution in [3.8, 4) is 0 Å². The molecule has 0 aromatic heterocycles. The second-order valence-corrected chi connectivity index (χ2v) is 16.3. The number of aliphatic hydroxyl groups is 1. The molecule has 1 N–H and O–H groups in total. The molecule has 0 aromatic rings. The average Bonchev–Trinajstić information content (AvgIpc) is 3.83. The Labute approximate surface area is 240 Å². The van der Waals surface area contributed by atoms with Gasteiger partial charge in [0.15, 0.2) is 0 Å². The van der Waals surface area contributed by atoms with E-state index in [9.17, 15) is 5.11 Å². The Kier molecular flexibility index (Phi) is 6.38. The highest BCUT2D eigenvalue weighted by atomic mass is 16.6. The fourth-order valence-corrected chi connectivity index (χ4v) is 11.8. The predicted octanol–water partition coefficient (Wildman–Crippen LogP) is 4.95. The molecule has 0 amide bonds. The highest BCUT2D eigenvalue weighted by molar-refractivity contribution is 5.17. The van der Waals surface area contributed by atoms with Gasteiger partial charge in [-0.25, -0.2) is 0 Å². The van der Waals surface area contributed by atoms with Gasteiger partial charge in [0, 0.05) is 12.8 Å². The minimum Gasteiger partial charge on any atom is -0.388 e. The summed E-state index contributed by atoms with van der Waals surface area (Å²) in [7, 11) is 0. The molecule has 40 heavy (non-hydrogen) atoms. The average molecular weight is 561 g/mol. The summed E-state index contributed by atoms with van der Waals surface area (Å²) in [6, 6.07) is 0. The molecule has 8 saturated carbocycles. The summed E-state index contributed by atoms with van der Waals surface area (Å²) in [6.45, 7) is 8.54. The van der Waals surface area contributed by atoms with E-state index in [0.29, 0.717) is 48.1 Å². The SMILES string of the molecule is CCC12CC3CC(OCC(O)COC45CC6CC(CC)(C4)CC(OCC4CO4)(C6)C5)(C1)CC(OCC1CO1)(C3)C2. The van der Waals surface area contributed by atoms with Gasteiger partial charge in [-0.1, -0.05) is 26.7 Å². The van der Waals surface area contributed by atoms with Gasteiger partial charge in [-0.05, 0) is 86.9 Å². The van der Waals surface area contributed by atoms with Crippen molar-refractivity contribution < 1.29 is 33.5 Å². The number of aliphatic hydroxyl groups excluding tert-OH is 1.